The van der Waals surface area contributed by atoms with Crippen LogP contribution in [0.25, 0.3) is 0 Å². The van der Waals surface area contributed by atoms with Crippen molar-refractivity contribution in [3.05, 3.63) is 57.6 Å². The van der Waals surface area contributed by atoms with E-state index < -0.39 is 23.2 Å². The quantitative estimate of drug-likeness (QED) is 0.713. The average molecular weight is 406 g/mol. The van der Waals surface area contributed by atoms with Gasteiger partial charge in [-0.3, -0.25) is 14.9 Å². The number of pyridine rings is 1. The van der Waals surface area contributed by atoms with Gasteiger partial charge in [-0.05, 0) is 30.2 Å². The smallest absolute Gasteiger partial charge is 0.250 e. The third-order valence-electron chi connectivity index (χ3n) is 5.97. The topological polar surface area (TPSA) is 71.1 Å². The molecule has 1 saturated carbocycles. The van der Waals surface area contributed by atoms with Gasteiger partial charge in [-0.1, -0.05) is 29.3 Å². The van der Waals surface area contributed by atoms with E-state index in [0.29, 0.717) is 29.1 Å². The first-order valence-electron chi connectivity index (χ1n) is 8.65. The minimum Gasteiger partial charge on any atom is -0.324 e. The molecule has 2 fully saturated rings. The van der Waals surface area contributed by atoms with Crippen LogP contribution in [0.2, 0.25) is 10.2 Å². The number of amides is 1. The summed E-state index contributed by atoms with van der Waals surface area (Å²) in [4.78, 5) is 29.6. The molecule has 5 nitrogen and oxygen atoms in total. The lowest BCUT2D eigenvalue weighted by Gasteiger charge is -2.32. The normalized spacial score (nSPS) is 31.3. The highest BCUT2D eigenvalue weighted by atomic mass is 35.5. The maximum Gasteiger partial charge on any atom is 0.250 e. The molecule has 1 amide bonds. The fraction of sp³-hybridized carbons (Fsp3) is 0.316. The summed E-state index contributed by atoms with van der Waals surface area (Å²) < 4.78 is 15.0. The van der Waals surface area contributed by atoms with Crippen LogP contribution >= 0.6 is 23.2 Å². The van der Waals surface area contributed by atoms with E-state index in [2.05, 4.69) is 15.6 Å². The Morgan fingerprint density at radius 2 is 2.04 bits per heavy atom. The van der Waals surface area contributed by atoms with Gasteiger partial charge in [0.25, 0.3) is 0 Å². The number of carbonyl (C=O) groups excluding carboxylic acids is 2. The molecule has 1 saturated heterocycles. The van der Waals surface area contributed by atoms with Crippen molar-refractivity contribution in [1.29, 1.82) is 0 Å². The second-order valence-corrected chi connectivity index (χ2v) is 8.01. The van der Waals surface area contributed by atoms with Gasteiger partial charge in [-0.15, -0.1) is 0 Å². The first-order chi connectivity index (χ1) is 12.9. The number of halogens is 3. The van der Waals surface area contributed by atoms with Gasteiger partial charge in [0.05, 0.1) is 0 Å². The maximum atomic E-state index is 15.0. The van der Waals surface area contributed by atoms with Crippen LogP contribution in [0.15, 0.2) is 30.5 Å². The van der Waals surface area contributed by atoms with Crippen molar-refractivity contribution in [2.75, 3.05) is 5.32 Å². The van der Waals surface area contributed by atoms with E-state index in [0.717, 1.165) is 0 Å². The molecule has 0 bridgehead atoms. The van der Waals surface area contributed by atoms with Crippen LogP contribution in [0.5, 0.6) is 0 Å². The summed E-state index contributed by atoms with van der Waals surface area (Å²) in [5, 5.41) is 6.42. The summed E-state index contributed by atoms with van der Waals surface area (Å²) in [5.74, 6) is -2.22. The lowest BCUT2D eigenvalue weighted by atomic mass is 9.71. The van der Waals surface area contributed by atoms with E-state index in [4.69, 9.17) is 23.2 Å². The number of hydrogen-bond acceptors (Lipinski definition) is 4. The molecule has 1 aromatic heterocycles. The fourth-order valence-electron chi connectivity index (χ4n) is 4.96. The molecule has 1 aliphatic carbocycles. The number of carbonyl (C=O) groups is 2. The highest BCUT2D eigenvalue weighted by Gasteiger charge is 2.65. The van der Waals surface area contributed by atoms with E-state index in [-0.39, 0.29) is 28.4 Å². The van der Waals surface area contributed by atoms with Crippen molar-refractivity contribution in [2.24, 2.45) is 5.92 Å². The lowest BCUT2D eigenvalue weighted by Crippen LogP contribution is -2.49. The predicted molar refractivity (Wildman–Crippen MR) is 98.4 cm³/mol. The molecule has 27 heavy (non-hydrogen) atoms. The SMILES string of the molecule is O=C1CC[C@@H]2N[C@@]3(C(=O)Nc4cc(Cl)ccc43)[C@@H](c3ccnc(Cl)c3F)[C@H]12. The van der Waals surface area contributed by atoms with Crippen molar-refractivity contribution in [1.82, 2.24) is 10.3 Å². The fourth-order valence-corrected chi connectivity index (χ4v) is 5.30. The van der Waals surface area contributed by atoms with E-state index in [1.807, 2.05) is 0 Å². The monoisotopic (exact) mass is 405 g/mol. The van der Waals surface area contributed by atoms with Gasteiger partial charge in [0.1, 0.15) is 11.3 Å². The average Bonchev–Trinajstić information content (AvgIpc) is 3.24. The molecule has 138 valence electrons. The van der Waals surface area contributed by atoms with Gasteiger partial charge in [0, 0.05) is 46.8 Å². The van der Waals surface area contributed by atoms with Crippen LogP contribution in [-0.4, -0.2) is 22.7 Å². The highest BCUT2D eigenvalue weighted by Crippen LogP contribution is 2.57. The number of ketones is 1. The molecule has 8 heteroatoms. The minimum absolute atomic E-state index is 0.0249. The van der Waals surface area contributed by atoms with Crippen molar-refractivity contribution in [2.45, 2.75) is 30.3 Å². The standard InChI is InChI=1S/C19H14Cl2FN3O2/c20-8-1-2-10-12(7-8)24-18(27)19(10)15(9-5-6-23-17(21)16(9)22)14-11(25-19)3-4-13(14)26/h1-2,5-7,11,14-15,25H,3-4H2,(H,24,27)/t11-,14-,15-,19+/m0/s1. The van der Waals surface area contributed by atoms with Crippen LogP contribution in [0.3, 0.4) is 0 Å². The highest BCUT2D eigenvalue weighted by molar-refractivity contribution is 6.31. The van der Waals surface area contributed by atoms with E-state index in [1.54, 1.807) is 18.2 Å². The van der Waals surface area contributed by atoms with Crippen molar-refractivity contribution in [3.63, 3.8) is 0 Å². The van der Waals surface area contributed by atoms with Crippen LogP contribution < -0.4 is 10.6 Å². The third-order valence-corrected chi connectivity index (χ3v) is 6.47. The molecule has 1 aromatic carbocycles. The molecule has 3 heterocycles. The zero-order chi connectivity index (χ0) is 18.9. The van der Waals surface area contributed by atoms with Gasteiger partial charge >= 0.3 is 0 Å². The Kier molecular flexibility index (Phi) is 3.63. The Morgan fingerprint density at radius 1 is 1.22 bits per heavy atom. The van der Waals surface area contributed by atoms with Gasteiger partial charge in [0.2, 0.25) is 5.91 Å². The largest absolute Gasteiger partial charge is 0.324 e. The lowest BCUT2D eigenvalue weighted by molar-refractivity contribution is -0.123. The Labute approximate surface area is 164 Å². The predicted octanol–water partition coefficient (Wildman–Crippen LogP) is 3.41. The van der Waals surface area contributed by atoms with E-state index in [9.17, 15) is 14.0 Å². The van der Waals surface area contributed by atoms with Crippen molar-refractivity contribution < 1.29 is 14.0 Å². The second-order valence-electron chi connectivity index (χ2n) is 7.22. The summed E-state index contributed by atoms with van der Waals surface area (Å²) in [6.45, 7) is 0. The van der Waals surface area contributed by atoms with Crippen LogP contribution in [-0.2, 0) is 15.1 Å². The molecular weight excluding hydrogens is 392 g/mol. The summed E-state index contributed by atoms with van der Waals surface area (Å²) >= 11 is 12.0. The van der Waals surface area contributed by atoms with E-state index >= 15 is 0 Å². The van der Waals surface area contributed by atoms with Crippen LogP contribution in [0.1, 0.15) is 29.9 Å². The second kappa shape index (κ2) is 5.74. The molecule has 0 unspecified atom stereocenters. The Hall–Kier alpha value is -2.02. The molecule has 2 aromatic rings. The Bertz CT molecular complexity index is 1010. The third kappa shape index (κ3) is 2.18. The molecule has 1 spiro atoms. The van der Waals surface area contributed by atoms with E-state index in [1.165, 1.54) is 12.3 Å². The van der Waals surface area contributed by atoms with Crippen molar-refractivity contribution >= 4 is 40.6 Å². The number of hydrogen-bond donors (Lipinski definition) is 2. The maximum absolute atomic E-state index is 15.0. The summed E-state index contributed by atoms with van der Waals surface area (Å²) in [7, 11) is 0. The zero-order valence-corrected chi connectivity index (χ0v) is 15.4. The van der Waals surface area contributed by atoms with Crippen LogP contribution in [0.4, 0.5) is 10.1 Å². The number of Topliss-reactive ketones (excluding diaryl/α,β-unsaturated/α-hetero) is 1. The first kappa shape index (κ1) is 17.1. The molecule has 2 aliphatic heterocycles. The van der Waals surface area contributed by atoms with Gasteiger partial charge in [-0.25, -0.2) is 9.37 Å². The molecule has 2 N–H and O–H groups in total. The number of nitrogens with one attached hydrogen (secondary N) is 2. The molecule has 3 aliphatic rings. The van der Waals surface area contributed by atoms with Gasteiger partial charge in [-0.2, -0.15) is 0 Å². The van der Waals surface area contributed by atoms with Gasteiger partial charge in [0.15, 0.2) is 11.0 Å². The number of benzene rings is 1. The summed E-state index contributed by atoms with van der Waals surface area (Å²) in [6.07, 6.45) is 2.42. The molecule has 5 rings (SSSR count). The number of aromatic nitrogens is 1. The summed E-state index contributed by atoms with van der Waals surface area (Å²) in [6, 6.07) is 6.40. The zero-order valence-electron chi connectivity index (χ0n) is 13.9. The van der Waals surface area contributed by atoms with Gasteiger partial charge < -0.3 is 5.32 Å². The van der Waals surface area contributed by atoms with Crippen LogP contribution in [0, 0.1) is 11.7 Å². The molecule has 0 radical (unpaired) electrons. The Morgan fingerprint density at radius 3 is 2.85 bits per heavy atom. The molecule has 4 atom stereocenters. The molecular formula is C19H14Cl2FN3O2. The first-order valence-corrected chi connectivity index (χ1v) is 9.41. The Balaban J connectivity index is 1.78. The number of nitrogens with zero attached hydrogens (tertiary/aromatic N) is 1. The number of rotatable bonds is 1. The van der Waals surface area contributed by atoms with Crippen molar-refractivity contribution in [3.8, 4) is 0 Å². The number of fused-ring (bicyclic) bond motifs is 3. The summed E-state index contributed by atoms with van der Waals surface area (Å²) in [5.41, 5.74) is 0.203. The number of anilines is 1. The minimum atomic E-state index is -1.25.